The number of carbonyl (C=O) groups excluding carboxylic acids is 1. The smallest absolute Gasteiger partial charge is 0.237 e. The van der Waals surface area contributed by atoms with Crippen LogP contribution in [-0.2, 0) is 9.53 Å². The summed E-state index contributed by atoms with van der Waals surface area (Å²) < 4.78 is 5.30. The number of amides is 1. The molecule has 1 amide bonds. The Morgan fingerprint density at radius 2 is 1.76 bits per heavy atom. The number of nitrogens with zero attached hydrogens (tertiary/aromatic N) is 2. The van der Waals surface area contributed by atoms with Crippen LogP contribution in [0.3, 0.4) is 0 Å². The highest BCUT2D eigenvalue weighted by Crippen LogP contribution is 2.22. The molecule has 0 aliphatic carbocycles. The van der Waals surface area contributed by atoms with Gasteiger partial charge in [0, 0.05) is 25.2 Å². The van der Waals surface area contributed by atoms with E-state index in [-0.39, 0.29) is 0 Å². The number of ether oxygens (including phenoxy) is 1. The molecule has 2 atom stereocenters. The summed E-state index contributed by atoms with van der Waals surface area (Å²) in [7, 11) is 0. The van der Waals surface area contributed by atoms with Crippen LogP contribution in [0.1, 0.15) is 33.1 Å². The lowest BCUT2D eigenvalue weighted by atomic mass is 9.97. The van der Waals surface area contributed by atoms with Gasteiger partial charge in [-0.15, -0.1) is 0 Å². The van der Waals surface area contributed by atoms with Crippen LogP contribution in [0.15, 0.2) is 0 Å². The van der Waals surface area contributed by atoms with Crippen molar-refractivity contribution in [2.75, 3.05) is 32.8 Å². The van der Waals surface area contributed by atoms with Gasteiger partial charge in [0.1, 0.15) is 0 Å². The molecule has 0 spiro atoms. The van der Waals surface area contributed by atoms with Crippen molar-refractivity contribution in [1.29, 1.82) is 0 Å². The van der Waals surface area contributed by atoms with Crippen molar-refractivity contribution in [3.63, 3.8) is 0 Å². The van der Waals surface area contributed by atoms with Crippen molar-refractivity contribution in [1.82, 2.24) is 9.80 Å². The summed E-state index contributed by atoms with van der Waals surface area (Å²) in [6.45, 7) is 8.22. The van der Waals surface area contributed by atoms with Crippen molar-refractivity contribution in [2.24, 2.45) is 0 Å². The molecule has 17 heavy (non-hydrogen) atoms. The summed E-state index contributed by atoms with van der Waals surface area (Å²) in [6.07, 6.45) is 3.56. The lowest BCUT2D eigenvalue weighted by molar-refractivity contribution is -0.139. The van der Waals surface area contributed by atoms with Crippen LogP contribution >= 0.6 is 0 Å². The zero-order valence-corrected chi connectivity index (χ0v) is 11.0. The van der Waals surface area contributed by atoms with Gasteiger partial charge in [-0.1, -0.05) is 0 Å². The third-order valence-electron chi connectivity index (χ3n) is 3.94. The Labute approximate surface area is 104 Å². The quantitative estimate of drug-likeness (QED) is 0.725. The summed E-state index contributed by atoms with van der Waals surface area (Å²) in [5.41, 5.74) is 0. The molecule has 2 fully saturated rings. The third-order valence-corrected chi connectivity index (χ3v) is 3.94. The van der Waals surface area contributed by atoms with E-state index in [9.17, 15) is 4.79 Å². The Hall–Kier alpha value is -0.610. The van der Waals surface area contributed by atoms with Crippen molar-refractivity contribution in [3.8, 4) is 0 Å². The van der Waals surface area contributed by atoms with Crippen molar-refractivity contribution >= 4 is 5.91 Å². The van der Waals surface area contributed by atoms with Crippen molar-refractivity contribution in [3.05, 3.63) is 0 Å². The highest BCUT2D eigenvalue weighted by Gasteiger charge is 2.29. The van der Waals surface area contributed by atoms with Crippen LogP contribution in [0.4, 0.5) is 0 Å². The largest absolute Gasteiger partial charge is 0.379 e. The molecule has 98 valence electrons. The first-order valence-corrected chi connectivity index (χ1v) is 6.79. The van der Waals surface area contributed by atoms with E-state index in [1.165, 1.54) is 6.42 Å². The van der Waals surface area contributed by atoms with Gasteiger partial charge in [-0.25, -0.2) is 0 Å². The maximum Gasteiger partial charge on any atom is 0.237 e. The van der Waals surface area contributed by atoms with E-state index < -0.39 is 0 Å². The second-order valence-electron chi connectivity index (χ2n) is 5.32. The lowest BCUT2D eigenvalue weighted by Crippen LogP contribution is -2.52. The molecule has 0 bridgehead atoms. The summed E-state index contributed by atoms with van der Waals surface area (Å²) in [4.78, 5) is 16.6. The summed E-state index contributed by atoms with van der Waals surface area (Å²) in [5.74, 6) is 0.298. The molecule has 2 rings (SSSR count). The van der Waals surface area contributed by atoms with E-state index in [0.29, 0.717) is 24.5 Å². The van der Waals surface area contributed by atoms with Gasteiger partial charge in [0.25, 0.3) is 0 Å². The number of morpholine rings is 1. The maximum atomic E-state index is 12.3. The number of carbonyl (C=O) groups is 1. The van der Waals surface area contributed by atoms with Crippen LogP contribution in [0.5, 0.6) is 0 Å². The van der Waals surface area contributed by atoms with Gasteiger partial charge in [-0.05, 0) is 33.1 Å². The van der Waals surface area contributed by atoms with Gasteiger partial charge in [0.15, 0.2) is 0 Å². The SMILES string of the molecule is CC1CCCC(C)N1C(=O)CN1CCOCC1. The molecule has 2 saturated heterocycles. The molecule has 2 aliphatic heterocycles. The van der Waals surface area contributed by atoms with E-state index >= 15 is 0 Å². The minimum atomic E-state index is 0.298. The molecular formula is C13H24N2O2. The fourth-order valence-corrected chi connectivity index (χ4v) is 2.95. The van der Waals surface area contributed by atoms with E-state index in [2.05, 4.69) is 23.6 Å². The Bertz CT molecular complexity index is 254. The van der Waals surface area contributed by atoms with E-state index in [1.54, 1.807) is 0 Å². The molecule has 0 aromatic heterocycles. The first-order chi connectivity index (χ1) is 8.18. The topological polar surface area (TPSA) is 32.8 Å². The maximum absolute atomic E-state index is 12.3. The molecule has 2 unspecified atom stereocenters. The van der Waals surface area contributed by atoms with Gasteiger partial charge in [-0.3, -0.25) is 9.69 Å². The Morgan fingerprint density at radius 1 is 1.18 bits per heavy atom. The van der Waals surface area contributed by atoms with Crippen molar-refractivity contribution in [2.45, 2.75) is 45.2 Å². The molecular weight excluding hydrogens is 216 g/mol. The van der Waals surface area contributed by atoms with Gasteiger partial charge in [0.2, 0.25) is 5.91 Å². The third kappa shape index (κ3) is 3.19. The van der Waals surface area contributed by atoms with Gasteiger partial charge >= 0.3 is 0 Å². The normalized spacial score (nSPS) is 31.5. The van der Waals surface area contributed by atoms with Crippen LogP contribution in [-0.4, -0.2) is 60.6 Å². The first-order valence-electron chi connectivity index (χ1n) is 6.79. The zero-order chi connectivity index (χ0) is 12.3. The average molecular weight is 240 g/mol. The second kappa shape index (κ2) is 5.83. The minimum absolute atomic E-state index is 0.298. The second-order valence-corrected chi connectivity index (χ2v) is 5.32. The van der Waals surface area contributed by atoms with Crippen LogP contribution in [0.25, 0.3) is 0 Å². The fraction of sp³-hybridized carbons (Fsp3) is 0.923. The zero-order valence-electron chi connectivity index (χ0n) is 11.0. The van der Waals surface area contributed by atoms with Gasteiger partial charge < -0.3 is 9.64 Å². The van der Waals surface area contributed by atoms with Crippen LogP contribution in [0, 0.1) is 0 Å². The predicted molar refractivity (Wildman–Crippen MR) is 66.9 cm³/mol. The molecule has 4 nitrogen and oxygen atoms in total. The number of likely N-dealkylation sites (tertiary alicyclic amines) is 1. The van der Waals surface area contributed by atoms with Gasteiger partial charge in [0.05, 0.1) is 19.8 Å². The monoisotopic (exact) mass is 240 g/mol. The molecule has 0 aromatic rings. The van der Waals surface area contributed by atoms with Crippen LogP contribution < -0.4 is 0 Å². The fourth-order valence-electron chi connectivity index (χ4n) is 2.95. The average Bonchev–Trinajstić information content (AvgIpc) is 2.30. The predicted octanol–water partition coefficient (Wildman–Crippen LogP) is 1.11. The highest BCUT2D eigenvalue weighted by atomic mass is 16.5. The first kappa shape index (κ1) is 12.8. The van der Waals surface area contributed by atoms with Gasteiger partial charge in [-0.2, -0.15) is 0 Å². The molecule has 0 radical (unpaired) electrons. The molecule has 0 N–H and O–H groups in total. The van der Waals surface area contributed by atoms with E-state index in [4.69, 9.17) is 4.74 Å². The molecule has 4 heteroatoms. The molecule has 0 saturated carbocycles. The Balaban J connectivity index is 1.88. The van der Waals surface area contributed by atoms with Crippen molar-refractivity contribution < 1.29 is 9.53 Å². The number of piperidine rings is 1. The Kier molecular flexibility index (Phi) is 4.40. The highest BCUT2D eigenvalue weighted by molar-refractivity contribution is 5.79. The molecule has 0 aromatic carbocycles. The number of hydrogen-bond donors (Lipinski definition) is 0. The van der Waals surface area contributed by atoms with Crippen LogP contribution in [0.2, 0.25) is 0 Å². The van der Waals surface area contributed by atoms with E-state index in [0.717, 1.165) is 39.1 Å². The summed E-state index contributed by atoms with van der Waals surface area (Å²) >= 11 is 0. The Morgan fingerprint density at radius 3 is 2.35 bits per heavy atom. The standard InChI is InChI=1S/C13H24N2O2/c1-11-4-3-5-12(2)15(11)13(16)10-14-6-8-17-9-7-14/h11-12H,3-10H2,1-2H3. The summed E-state index contributed by atoms with van der Waals surface area (Å²) in [5, 5.41) is 0. The molecule has 2 heterocycles. The molecule has 2 aliphatic rings. The number of hydrogen-bond acceptors (Lipinski definition) is 3. The number of rotatable bonds is 2. The summed E-state index contributed by atoms with van der Waals surface area (Å²) in [6, 6.07) is 0.819. The minimum Gasteiger partial charge on any atom is -0.379 e. The lowest BCUT2D eigenvalue weighted by Gasteiger charge is -2.40. The van der Waals surface area contributed by atoms with E-state index in [1.807, 2.05) is 0 Å².